The monoisotopic (exact) mass is 1150 g/mol. The molecule has 5 aliphatic rings. The van der Waals surface area contributed by atoms with Gasteiger partial charge in [0, 0.05) is 98.8 Å². The number of hydrogen-bond donors (Lipinski definition) is 0. The molecule has 0 bridgehead atoms. The van der Waals surface area contributed by atoms with Gasteiger partial charge in [-0.05, 0) is 154 Å². The van der Waals surface area contributed by atoms with E-state index in [-0.39, 0.29) is 24.5 Å². The molecular weight excluding hydrogens is 1090 g/mol. The zero-order valence-corrected chi connectivity index (χ0v) is 48.8. The number of fused-ring (bicyclic) bond motifs is 11. The van der Waals surface area contributed by atoms with Crippen LogP contribution in [0.1, 0.15) is 0 Å². The Hall–Kier alpha value is -10.2. The number of para-hydroxylation sites is 7. The number of benzene rings is 12. The summed E-state index contributed by atoms with van der Waals surface area (Å²) in [6, 6.07) is 107. The highest BCUT2D eigenvalue weighted by Crippen LogP contribution is 2.56. The van der Waals surface area contributed by atoms with Crippen molar-refractivity contribution in [3.63, 3.8) is 0 Å². The topological polar surface area (TPSA) is 22.2 Å². The minimum absolute atomic E-state index is 0.0303. The third-order valence-electron chi connectivity index (χ3n) is 18.2. The molecule has 4 aliphatic heterocycles. The Kier molecular flexibility index (Phi) is 11.7. The van der Waals surface area contributed by atoms with Crippen LogP contribution in [0.3, 0.4) is 0 Å². The van der Waals surface area contributed by atoms with Crippen LogP contribution >= 0.6 is 23.1 Å². The summed E-state index contributed by atoms with van der Waals surface area (Å²) in [6.07, 6.45) is 5.41. The van der Waals surface area contributed by atoms with Crippen molar-refractivity contribution in [3.05, 3.63) is 315 Å². The lowest BCUT2D eigenvalue weighted by Gasteiger charge is -2.49. The molecule has 5 nitrogen and oxygen atoms in total. The second-order valence-electron chi connectivity index (χ2n) is 23.0. The average Bonchev–Trinajstić information content (AvgIpc) is 3.37. The number of ether oxygens (including phenoxy) is 1. The minimum atomic E-state index is -0.134. The van der Waals surface area contributed by atoms with Crippen LogP contribution in [0.4, 0.5) is 62.6 Å². The van der Waals surface area contributed by atoms with Gasteiger partial charge < -0.3 is 24.3 Å². The van der Waals surface area contributed by atoms with Crippen LogP contribution in [0.25, 0.3) is 31.3 Å². The summed E-state index contributed by atoms with van der Waals surface area (Å²) in [5.74, 6) is 1.83. The van der Waals surface area contributed by atoms with Crippen LogP contribution in [0.5, 0.6) is 11.5 Å². The van der Waals surface area contributed by atoms with Gasteiger partial charge in [0.1, 0.15) is 11.5 Å². The Morgan fingerprint density at radius 3 is 1.61 bits per heavy atom. The van der Waals surface area contributed by atoms with Gasteiger partial charge in [0.15, 0.2) is 0 Å². The summed E-state index contributed by atoms with van der Waals surface area (Å²) in [7, 11) is 0. The van der Waals surface area contributed by atoms with Crippen molar-refractivity contribution in [2.75, 3.05) is 19.6 Å². The fourth-order valence-corrected chi connectivity index (χ4v) is 17.2. The Morgan fingerprint density at radius 1 is 0.391 bits per heavy atom. The van der Waals surface area contributed by atoms with Gasteiger partial charge in [0.05, 0.1) is 11.4 Å². The normalized spacial score (nSPS) is 15.7. The fourth-order valence-electron chi connectivity index (χ4n) is 14.6. The molecule has 87 heavy (non-hydrogen) atoms. The van der Waals surface area contributed by atoms with E-state index in [0.29, 0.717) is 0 Å². The fraction of sp³-hybridized carbons (Fsp3) is 0.0256. The van der Waals surface area contributed by atoms with E-state index >= 15 is 0 Å². The highest BCUT2D eigenvalue weighted by Gasteiger charge is 2.52. The molecule has 0 saturated carbocycles. The Labute approximate surface area is 515 Å². The number of nitrogens with zero attached hydrogens (tertiary/aromatic N) is 4. The maximum atomic E-state index is 7.38. The van der Waals surface area contributed by atoms with Crippen molar-refractivity contribution in [1.29, 1.82) is 0 Å². The van der Waals surface area contributed by atoms with Gasteiger partial charge in [-0.3, -0.25) is 0 Å². The first kappa shape index (κ1) is 50.2. The molecule has 13 aromatic rings. The smallest absolute Gasteiger partial charge is 0.255 e. The number of allylic oxidation sites excluding steroid dienone is 2. The quantitative estimate of drug-likeness (QED) is 0.133. The zero-order chi connectivity index (χ0) is 57.1. The lowest BCUT2D eigenvalue weighted by molar-refractivity contribution is 0.487. The van der Waals surface area contributed by atoms with Crippen LogP contribution in [0.2, 0.25) is 5.82 Å². The first-order chi connectivity index (χ1) is 43.2. The molecule has 0 fully saturated rings. The summed E-state index contributed by atoms with van der Waals surface area (Å²) in [5, 5.41) is 2.57. The third-order valence-corrected chi connectivity index (χ3v) is 20.7. The molecule has 1 aliphatic carbocycles. The zero-order valence-electron chi connectivity index (χ0n) is 47.2. The number of anilines is 11. The first-order valence-corrected chi connectivity index (χ1v) is 31.7. The molecule has 0 saturated heterocycles. The highest BCUT2D eigenvalue weighted by atomic mass is 32.2. The summed E-state index contributed by atoms with van der Waals surface area (Å²) >= 11 is 3.90. The molecule has 408 valence electrons. The largest absolute Gasteiger partial charge is 0.458 e. The molecule has 12 aromatic carbocycles. The van der Waals surface area contributed by atoms with Gasteiger partial charge in [-0.15, -0.1) is 23.1 Å². The SMILES string of the molecule is C1=C2B3c4ccccc4Oc4cc(N(c5ccccc5)c5ccccc5)cc(c43)N(c3cc4sc5ccccc5c4cc3-c3ccccc3)C2=CC2Sc3cc(N(c4ccccc4)c4ccccc4)cc4c3B(c3ccccc3N4c3ccccc3)C12. The molecule has 5 heterocycles. The second kappa shape index (κ2) is 20.2. The van der Waals surface area contributed by atoms with Crippen molar-refractivity contribution in [2.24, 2.45) is 0 Å². The maximum Gasteiger partial charge on any atom is 0.255 e. The predicted octanol–water partition coefficient (Wildman–Crippen LogP) is 18.8. The number of thioether (sulfide) groups is 1. The Bertz CT molecular complexity index is 4850. The van der Waals surface area contributed by atoms with Crippen molar-refractivity contribution in [1.82, 2.24) is 0 Å². The van der Waals surface area contributed by atoms with E-state index in [9.17, 15) is 0 Å². The first-order valence-electron chi connectivity index (χ1n) is 30.0. The van der Waals surface area contributed by atoms with Crippen LogP contribution in [-0.4, -0.2) is 18.7 Å². The second-order valence-corrected chi connectivity index (χ2v) is 25.3. The van der Waals surface area contributed by atoms with Gasteiger partial charge >= 0.3 is 0 Å². The van der Waals surface area contributed by atoms with E-state index in [2.05, 4.69) is 323 Å². The molecule has 0 N–H and O–H groups in total. The summed E-state index contributed by atoms with van der Waals surface area (Å²) in [6.45, 7) is -0.101. The predicted molar refractivity (Wildman–Crippen MR) is 370 cm³/mol. The molecule has 2 unspecified atom stereocenters. The Morgan fingerprint density at radius 2 is 0.943 bits per heavy atom. The third kappa shape index (κ3) is 8.03. The van der Waals surface area contributed by atoms with Crippen LogP contribution in [0, 0.1) is 0 Å². The summed E-state index contributed by atoms with van der Waals surface area (Å²) in [4.78, 5) is 11.3. The standard InChI is InChI=1S/C78H52B2N4OS2/c1-7-25-51(26-8-1)60-47-61-59-37-19-24-42-73(59)86-74(61)49-67(60)84-68-50-75-65(48-64(68)80-63-39-21-23-41-71(63)85-72-45-57(43-69(84)77(72)80)81(52-27-9-2-10-28-52)53-29-11-3-12-30-53)79-62-38-20-22-40-66(62)83(56-35-17-6-18-36-56)70-44-58(46-76(87-75)78(70)79)82(54-31-13-4-14-32-54)55-33-15-5-16-34-55/h1-50,65,75H. The molecule has 9 heteroatoms. The minimum Gasteiger partial charge on any atom is -0.458 e. The molecular formula is C78H52B2N4OS2. The average molecular weight is 1150 g/mol. The maximum absolute atomic E-state index is 7.38. The number of rotatable bonds is 9. The van der Waals surface area contributed by atoms with Gasteiger partial charge in [-0.25, -0.2) is 0 Å². The van der Waals surface area contributed by atoms with Crippen molar-refractivity contribution >= 4 is 141 Å². The molecule has 0 radical (unpaired) electrons. The van der Waals surface area contributed by atoms with E-state index < -0.39 is 0 Å². The van der Waals surface area contributed by atoms with E-state index in [1.807, 2.05) is 23.1 Å². The van der Waals surface area contributed by atoms with Gasteiger partial charge in [-0.1, -0.05) is 182 Å². The van der Waals surface area contributed by atoms with Crippen molar-refractivity contribution < 1.29 is 4.74 Å². The van der Waals surface area contributed by atoms with E-state index in [1.165, 1.54) is 75.0 Å². The molecule has 0 spiro atoms. The van der Waals surface area contributed by atoms with Crippen LogP contribution < -0.4 is 46.2 Å². The molecule has 0 amide bonds. The lowest BCUT2D eigenvalue weighted by atomic mass is 9.28. The van der Waals surface area contributed by atoms with Crippen molar-refractivity contribution in [2.45, 2.75) is 16.0 Å². The van der Waals surface area contributed by atoms with Gasteiger partial charge in [-0.2, -0.15) is 0 Å². The van der Waals surface area contributed by atoms with Gasteiger partial charge in [0.25, 0.3) is 6.71 Å². The number of hydrogen-bond acceptors (Lipinski definition) is 7. The Balaban J connectivity index is 0.929. The number of thiophene rings is 1. The lowest BCUT2D eigenvalue weighted by Crippen LogP contribution is -2.59. The molecule has 1 aromatic heterocycles. The summed E-state index contributed by atoms with van der Waals surface area (Å²) in [5.41, 5.74) is 22.2. The van der Waals surface area contributed by atoms with Gasteiger partial charge in [0.2, 0.25) is 6.71 Å². The van der Waals surface area contributed by atoms with Crippen LogP contribution in [-0.2, 0) is 0 Å². The van der Waals surface area contributed by atoms with E-state index in [0.717, 1.165) is 68.2 Å². The molecule has 18 rings (SSSR count). The van der Waals surface area contributed by atoms with E-state index in [4.69, 9.17) is 4.74 Å². The van der Waals surface area contributed by atoms with Crippen LogP contribution in [0.15, 0.2) is 319 Å². The summed E-state index contributed by atoms with van der Waals surface area (Å²) < 4.78 is 9.91. The van der Waals surface area contributed by atoms with Crippen molar-refractivity contribution in [3.8, 4) is 22.6 Å². The highest BCUT2D eigenvalue weighted by molar-refractivity contribution is 8.00. The molecule has 2 atom stereocenters. The van der Waals surface area contributed by atoms with E-state index in [1.54, 1.807) is 0 Å².